The number of phenols is 1. The molecule has 6 rings (SSSR count). The number of aliphatic hydroxyl groups is 2. The third-order valence-electron chi connectivity index (χ3n) is 20.5. The van der Waals surface area contributed by atoms with Gasteiger partial charge in [-0.3, -0.25) is 76.7 Å². The van der Waals surface area contributed by atoms with E-state index in [-0.39, 0.29) is 94.4 Å². The molecule has 1 saturated heterocycles. The second-order valence-electron chi connectivity index (χ2n) is 32.4. The number of carboxylic acids is 3. The molecule has 3 aromatic carbocycles. The summed E-state index contributed by atoms with van der Waals surface area (Å²) >= 11 is 0. The van der Waals surface area contributed by atoms with Crippen LogP contribution in [0.25, 0.3) is 21.8 Å². The van der Waals surface area contributed by atoms with Crippen molar-refractivity contribution in [1.82, 2.24) is 78.7 Å². The third kappa shape index (κ3) is 30.8. The minimum atomic E-state index is -1.96. The molecule has 41 heteroatoms. The van der Waals surface area contributed by atoms with Gasteiger partial charge in [-0.25, -0.2) is 4.79 Å². The number of aromatic hydroxyl groups is 1. The Morgan fingerprint density at radius 1 is 0.435 bits per heavy atom. The van der Waals surface area contributed by atoms with Crippen LogP contribution in [0.4, 0.5) is 0 Å². The lowest BCUT2D eigenvalue weighted by Crippen LogP contribution is -2.62. The molecular weight excluding hydrogens is 1620 g/mol. The number of nitrogens with zero attached hydrogens (tertiary/aromatic N) is 1. The van der Waals surface area contributed by atoms with E-state index >= 15 is 0 Å². The number of aliphatic hydroxyl groups excluding tert-OH is 2. The number of phenolic OH excluding ortho intramolecular Hbond substituents is 1. The van der Waals surface area contributed by atoms with Gasteiger partial charge in [0.2, 0.25) is 82.7 Å². The van der Waals surface area contributed by atoms with Crippen molar-refractivity contribution >= 4 is 122 Å². The fourth-order valence-electron chi connectivity index (χ4n) is 14.1. The number of fused-ring (bicyclic) bond motifs is 2. The minimum Gasteiger partial charge on any atom is -0.508 e. The molecule has 2 aromatic heterocycles. The maximum absolute atomic E-state index is 14.9. The van der Waals surface area contributed by atoms with E-state index in [4.69, 9.17) is 17.2 Å². The second-order valence-corrected chi connectivity index (χ2v) is 32.4. The first-order valence-corrected chi connectivity index (χ1v) is 41.0. The summed E-state index contributed by atoms with van der Waals surface area (Å²) in [6.45, 7) is 13.8. The van der Waals surface area contributed by atoms with Crippen molar-refractivity contribution in [3.63, 3.8) is 0 Å². The van der Waals surface area contributed by atoms with Crippen molar-refractivity contribution in [1.29, 1.82) is 0 Å². The molecule has 1 aliphatic rings. The van der Waals surface area contributed by atoms with E-state index in [1.165, 1.54) is 31.2 Å². The van der Waals surface area contributed by atoms with Gasteiger partial charge in [0.15, 0.2) is 0 Å². The molecule has 0 unspecified atom stereocenters. The lowest BCUT2D eigenvalue weighted by molar-refractivity contribution is -0.148. The summed E-state index contributed by atoms with van der Waals surface area (Å²) in [7, 11) is 0. The van der Waals surface area contributed by atoms with Crippen molar-refractivity contribution in [2.75, 3.05) is 13.1 Å². The zero-order chi connectivity index (χ0) is 92.1. The van der Waals surface area contributed by atoms with Crippen LogP contribution < -0.4 is 81.0 Å². The zero-order valence-corrected chi connectivity index (χ0v) is 70.7. The van der Waals surface area contributed by atoms with Gasteiger partial charge in [-0.2, -0.15) is 0 Å². The normalized spacial score (nSPS) is 16.3. The van der Waals surface area contributed by atoms with Crippen LogP contribution >= 0.6 is 0 Å². The number of carbonyl (C=O) groups is 17. The van der Waals surface area contributed by atoms with Gasteiger partial charge in [-0.15, -0.1) is 0 Å². The third-order valence-corrected chi connectivity index (χ3v) is 20.5. The fraction of sp³-hybridized carbons (Fsp3) is 0.530. The van der Waals surface area contributed by atoms with E-state index < -0.39 is 223 Å². The summed E-state index contributed by atoms with van der Waals surface area (Å²) in [6.07, 6.45) is -3.94. The summed E-state index contributed by atoms with van der Waals surface area (Å²) in [5.74, 6) is -20.6. The van der Waals surface area contributed by atoms with Gasteiger partial charge in [0.05, 0.1) is 37.5 Å². The summed E-state index contributed by atoms with van der Waals surface area (Å²) < 4.78 is 0. The van der Waals surface area contributed by atoms with E-state index in [2.05, 4.69) is 68.5 Å². The van der Waals surface area contributed by atoms with Gasteiger partial charge in [-0.05, 0) is 137 Å². The number of rotatable bonds is 50. The molecule has 26 N–H and O–H groups in total. The maximum atomic E-state index is 14.9. The number of carboxylic acid groups (broad SMARTS) is 3. The quantitative estimate of drug-likeness (QED) is 0.0179. The van der Waals surface area contributed by atoms with E-state index in [9.17, 15) is 112 Å². The first kappa shape index (κ1) is 100. The maximum Gasteiger partial charge on any atom is 0.326 e. The van der Waals surface area contributed by atoms with E-state index in [0.29, 0.717) is 44.9 Å². The molecular formula is C83H118N18O23. The van der Waals surface area contributed by atoms with E-state index in [1.54, 1.807) is 102 Å². The highest BCUT2D eigenvalue weighted by Crippen LogP contribution is 2.25. The molecule has 1 aliphatic heterocycles. The molecule has 14 amide bonds. The number of aromatic nitrogens is 2. The number of primary amides is 1. The number of likely N-dealkylation sites (tertiary alicyclic amines) is 1. The number of aliphatic carboxylic acids is 3. The molecule has 0 aliphatic carbocycles. The number of para-hydroxylation sites is 2. The number of aromatic amines is 2. The molecule has 1 fully saturated rings. The Hall–Kier alpha value is -12.6. The molecule has 678 valence electrons. The number of unbranched alkanes of at least 4 members (excludes halogenated alkanes) is 1. The largest absolute Gasteiger partial charge is 0.508 e. The molecule has 0 radical (unpaired) electrons. The second kappa shape index (κ2) is 47.7. The van der Waals surface area contributed by atoms with Crippen molar-refractivity contribution in [2.24, 2.45) is 35.0 Å². The lowest BCUT2D eigenvalue weighted by Gasteiger charge is -2.31. The number of nitrogens with two attached hydrogens (primary N) is 3. The van der Waals surface area contributed by atoms with Crippen LogP contribution in [0, 0.1) is 17.8 Å². The first-order chi connectivity index (χ1) is 58.4. The average molecular weight is 1740 g/mol. The summed E-state index contributed by atoms with van der Waals surface area (Å²) in [6, 6.07) is -3.51. The molecule has 41 nitrogen and oxygen atoms in total. The van der Waals surface area contributed by atoms with Crippen molar-refractivity contribution in [2.45, 2.75) is 249 Å². The monoisotopic (exact) mass is 1730 g/mol. The summed E-state index contributed by atoms with van der Waals surface area (Å²) in [5, 5.41) is 92.6. The number of hydrogen-bond donors (Lipinski definition) is 23. The fourth-order valence-corrected chi connectivity index (χ4v) is 14.1. The lowest BCUT2D eigenvalue weighted by atomic mass is 9.98. The number of nitrogens with one attached hydrogen (secondary N) is 14. The number of carbonyl (C=O) groups excluding carboxylic acids is 14. The number of amides is 14. The van der Waals surface area contributed by atoms with Gasteiger partial charge in [0, 0.05) is 60.0 Å². The van der Waals surface area contributed by atoms with Crippen LogP contribution in [0.15, 0.2) is 85.2 Å². The van der Waals surface area contributed by atoms with Crippen LogP contribution in [0.2, 0.25) is 0 Å². The van der Waals surface area contributed by atoms with Gasteiger partial charge in [0.25, 0.3) is 0 Å². The van der Waals surface area contributed by atoms with Crippen molar-refractivity contribution < 1.29 is 112 Å². The smallest absolute Gasteiger partial charge is 0.326 e. The highest BCUT2D eigenvalue weighted by Gasteiger charge is 2.43. The van der Waals surface area contributed by atoms with Crippen LogP contribution in [-0.2, 0) is 101 Å². The van der Waals surface area contributed by atoms with Crippen molar-refractivity contribution in [3.8, 4) is 5.75 Å². The Labute approximate surface area is 714 Å². The standard InChI is InChI=1S/C83H118N18O23/c1-40(2)29-55(72(112)94-59(33-47-38-87-52-19-12-10-17-50(47)52)74(114)92-56(30-41(3)4)77(117)100-69(45(9)103)81(121)98-63(83(123)124)37-67(108)109)91-71(111)54(21-14-15-27-84)89-80(120)68(44(8)102)99-78(118)57(31-42(5)6)96-79(119)64-22-16-28-101(64)82(122)62(36-66(106)107)97-73(113)58(32-46-23-25-49(104)26-24-46)93-75(115)60(34-48-39-88-53-20-13-11-18-51(48)53)95-76(116)61(35-65(86)105)90-70(110)43(7)85/h10-13,17-20,23-26,38-45,54-64,68-69,87-88,102-104H,14-16,21-22,27-37,84-85H2,1-9H3,(H2,86,105)(H,89,120)(H,90,110)(H,91,111)(H,92,114)(H,93,115)(H,94,112)(H,95,116)(H,96,119)(H,97,113)(H,98,121)(H,99,118)(H,100,117)(H,106,107)(H,108,109)(H,123,124)/t43-,44+,45+,54-,55-,56-,57-,58-,59-,60-,61-,62-,63-,64-,68-,69-/m0/s1. The predicted octanol–water partition coefficient (Wildman–Crippen LogP) is -2.52. The molecule has 0 saturated carbocycles. The highest BCUT2D eigenvalue weighted by atomic mass is 16.4. The Bertz CT molecular complexity index is 4600. The topological polar surface area (TPSA) is 669 Å². The van der Waals surface area contributed by atoms with E-state index in [0.717, 1.165) is 18.7 Å². The van der Waals surface area contributed by atoms with Crippen LogP contribution in [0.3, 0.4) is 0 Å². The molecule has 16 atom stereocenters. The van der Waals surface area contributed by atoms with Gasteiger partial charge in [0.1, 0.15) is 84.3 Å². The predicted molar refractivity (Wildman–Crippen MR) is 448 cm³/mol. The number of benzene rings is 3. The molecule has 0 bridgehead atoms. The zero-order valence-electron chi connectivity index (χ0n) is 70.7. The Balaban J connectivity index is 1.22. The first-order valence-electron chi connectivity index (χ1n) is 41.0. The van der Waals surface area contributed by atoms with Gasteiger partial charge < -0.3 is 127 Å². The van der Waals surface area contributed by atoms with Crippen LogP contribution in [0.5, 0.6) is 5.75 Å². The molecule has 0 spiro atoms. The Morgan fingerprint density at radius 3 is 1.24 bits per heavy atom. The minimum absolute atomic E-state index is 0.0653. The van der Waals surface area contributed by atoms with E-state index in [1.807, 2.05) is 5.32 Å². The molecule has 5 aromatic rings. The van der Waals surface area contributed by atoms with Crippen molar-refractivity contribution in [3.05, 3.63) is 102 Å². The van der Waals surface area contributed by atoms with Gasteiger partial charge in [-0.1, -0.05) is 90.1 Å². The van der Waals surface area contributed by atoms with Crippen LogP contribution in [-0.4, -0.2) is 256 Å². The highest BCUT2D eigenvalue weighted by molar-refractivity contribution is 6.02. The molecule has 124 heavy (non-hydrogen) atoms. The number of hydrogen-bond acceptors (Lipinski definition) is 22. The molecule has 3 heterocycles. The Kier molecular flexibility index (Phi) is 38.5. The summed E-state index contributed by atoms with van der Waals surface area (Å²) in [5.41, 5.74) is 19.7. The summed E-state index contributed by atoms with van der Waals surface area (Å²) in [4.78, 5) is 243. The number of H-pyrrole nitrogens is 2. The van der Waals surface area contributed by atoms with Gasteiger partial charge >= 0.3 is 17.9 Å². The Morgan fingerprint density at radius 2 is 0.815 bits per heavy atom. The average Bonchev–Trinajstić information content (AvgIpc) is 1.66. The SMILES string of the molecule is CC(C)C[C@H](NC(=O)[C@H](CCCCN)NC(=O)[C@@H](NC(=O)[C@H](CC(C)C)NC(=O)[C@@H]1CCCN1C(=O)[C@H](CC(=O)O)NC(=O)[C@H](Cc1ccc(O)cc1)NC(=O)[C@H](Cc1c[nH]c2ccccc12)NC(=O)[C@H](CC(N)=O)NC(=O)[C@H](C)N)[C@@H](C)O)C(=O)N[C@@H](Cc1c[nH]c2ccccc12)C(=O)N[C@@H](CC(C)C)C(=O)N[C@H](C(=O)N[C@@H](CC(=O)O)C(=O)O)[C@@H](C)O. The van der Waals surface area contributed by atoms with Crippen LogP contribution in [0.1, 0.15) is 150 Å².